The Morgan fingerprint density at radius 3 is 2.43 bits per heavy atom. The highest BCUT2D eigenvalue weighted by atomic mass is 16.2. The number of carbonyl (C=O) groups is 2. The second-order valence-electron chi connectivity index (χ2n) is 4.07. The molecule has 1 aliphatic rings. The molecule has 0 aromatic heterocycles. The molecule has 1 aliphatic carbocycles. The van der Waals surface area contributed by atoms with Gasteiger partial charge in [-0.2, -0.15) is 0 Å². The molecule has 0 unspecified atom stereocenters. The minimum absolute atomic E-state index is 0.0200. The summed E-state index contributed by atoms with van der Waals surface area (Å²) in [4.78, 5) is 21.9. The highest BCUT2D eigenvalue weighted by Gasteiger charge is 2.37. The van der Waals surface area contributed by atoms with E-state index in [4.69, 9.17) is 5.73 Å². The SMILES string of the molecule is CC1(CNC(=O)CNC(=O)CN)CC1. The van der Waals surface area contributed by atoms with Crippen molar-refractivity contribution in [2.45, 2.75) is 19.8 Å². The van der Waals surface area contributed by atoms with Crippen molar-refractivity contribution in [2.75, 3.05) is 19.6 Å². The minimum atomic E-state index is -0.308. The third-order valence-electron chi connectivity index (χ3n) is 2.45. The number of nitrogens with two attached hydrogens (primary N) is 1. The Morgan fingerprint density at radius 2 is 1.93 bits per heavy atom. The first kappa shape index (κ1) is 11.0. The van der Waals surface area contributed by atoms with Gasteiger partial charge < -0.3 is 16.4 Å². The van der Waals surface area contributed by atoms with E-state index in [2.05, 4.69) is 17.6 Å². The molecule has 0 radical (unpaired) electrons. The molecule has 1 saturated carbocycles. The standard InChI is InChI=1S/C9H17N3O2/c1-9(2-3-9)6-12-8(14)5-11-7(13)4-10/h2-6,10H2,1H3,(H,11,13)(H,12,14). The molecule has 0 aromatic rings. The Kier molecular flexibility index (Phi) is 3.46. The molecule has 0 saturated heterocycles. The molecule has 0 spiro atoms. The third kappa shape index (κ3) is 3.74. The molecule has 0 aliphatic heterocycles. The zero-order valence-corrected chi connectivity index (χ0v) is 8.43. The van der Waals surface area contributed by atoms with Crippen LogP contribution in [0.25, 0.3) is 0 Å². The van der Waals surface area contributed by atoms with Crippen molar-refractivity contribution in [2.24, 2.45) is 11.1 Å². The Labute approximate surface area is 83.4 Å². The maximum Gasteiger partial charge on any atom is 0.239 e. The minimum Gasteiger partial charge on any atom is -0.354 e. The van der Waals surface area contributed by atoms with Crippen LogP contribution in [0.1, 0.15) is 19.8 Å². The predicted octanol–water partition coefficient (Wildman–Crippen LogP) is -1.02. The Hall–Kier alpha value is -1.10. The number of carbonyl (C=O) groups excluding carboxylic acids is 2. The summed E-state index contributed by atoms with van der Waals surface area (Å²) in [5.41, 5.74) is 5.37. The van der Waals surface area contributed by atoms with Crippen molar-refractivity contribution in [3.63, 3.8) is 0 Å². The van der Waals surface area contributed by atoms with Crippen LogP contribution in [0.3, 0.4) is 0 Å². The van der Waals surface area contributed by atoms with Gasteiger partial charge in [0.05, 0.1) is 13.1 Å². The van der Waals surface area contributed by atoms with E-state index in [9.17, 15) is 9.59 Å². The van der Waals surface area contributed by atoms with E-state index in [0.29, 0.717) is 12.0 Å². The normalized spacial score (nSPS) is 17.3. The highest BCUT2D eigenvalue weighted by molar-refractivity contribution is 5.85. The van der Waals surface area contributed by atoms with Gasteiger partial charge >= 0.3 is 0 Å². The monoisotopic (exact) mass is 199 g/mol. The number of hydrogen-bond donors (Lipinski definition) is 3. The molecule has 1 rings (SSSR count). The van der Waals surface area contributed by atoms with Crippen LogP contribution in [0.4, 0.5) is 0 Å². The van der Waals surface area contributed by atoms with Gasteiger partial charge in [-0.3, -0.25) is 9.59 Å². The molecular weight excluding hydrogens is 182 g/mol. The summed E-state index contributed by atoms with van der Waals surface area (Å²) in [5, 5.41) is 5.18. The van der Waals surface area contributed by atoms with Crippen LogP contribution < -0.4 is 16.4 Å². The lowest BCUT2D eigenvalue weighted by Crippen LogP contribution is -2.40. The van der Waals surface area contributed by atoms with Gasteiger partial charge in [0.25, 0.3) is 0 Å². The number of rotatable bonds is 5. The molecule has 14 heavy (non-hydrogen) atoms. The molecule has 5 heteroatoms. The maximum atomic E-state index is 11.2. The van der Waals surface area contributed by atoms with Crippen molar-refractivity contribution < 1.29 is 9.59 Å². The van der Waals surface area contributed by atoms with Gasteiger partial charge in [0.1, 0.15) is 0 Å². The lowest BCUT2D eigenvalue weighted by atomic mass is 10.1. The van der Waals surface area contributed by atoms with Crippen LogP contribution in [-0.4, -0.2) is 31.4 Å². The topological polar surface area (TPSA) is 84.2 Å². The van der Waals surface area contributed by atoms with Crippen molar-refractivity contribution >= 4 is 11.8 Å². The maximum absolute atomic E-state index is 11.2. The Bertz CT molecular complexity index is 236. The van der Waals surface area contributed by atoms with E-state index >= 15 is 0 Å². The van der Waals surface area contributed by atoms with E-state index in [1.807, 2.05) is 0 Å². The molecule has 80 valence electrons. The molecule has 1 fully saturated rings. The molecule has 5 nitrogen and oxygen atoms in total. The van der Waals surface area contributed by atoms with Gasteiger partial charge in [0, 0.05) is 6.54 Å². The van der Waals surface area contributed by atoms with Crippen LogP contribution in [0.5, 0.6) is 0 Å². The summed E-state index contributed by atoms with van der Waals surface area (Å²) in [6.07, 6.45) is 2.34. The molecule has 0 bridgehead atoms. The van der Waals surface area contributed by atoms with E-state index in [-0.39, 0.29) is 24.9 Å². The van der Waals surface area contributed by atoms with Gasteiger partial charge in [-0.1, -0.05) is 6.92 Å². The summed E-state index contributed by atoms with van der Waals surface area (Å²) in [6, 6.07) is 0. The Morgan fingerprint density at radius 1 is 1.29 bits per heavy atom. The van der Waals surface area contributed by atoms with Gasteiger partial charge in [-0.25, -0.2) is 0 Å². The van der Waals surface area contributed by atoms with E-state index in [1.54, 1.807) is 0 Å². The predicted molar refractivity (Wildman–Crippen MR) is 52.4 cm³/mol. The summed E-state index contributed by atoms with van der Waals surface area (Å²) in [7, 11) is 0. The van der Waals surface area contributed by atoms with E-state index in [0.717, 1.165) is 0 Å². The third-order valence-corrected chi connectivity index (χ3v) is 2.45. The quantitative estimate of drug-likeness (QED) is 0.530. The first-order valence-electron chi connectivity index (χ1n) is 4.79. The lowest BCUT2D eigenvalue weighted by molar-refractivity contribution is -0.125. The second-order valence-corrected chi connectivity index (χ2v) is 4.07. The highest BCUT2D eigenvalue weighted by Crippen LogP contribution is 2.43. The van der Waals surface area contributed by atoms with Crippen molar-refractivity contribution in [3.05, 3.63) is 0 Å². The van der Waals surface area contributed by atoms with E-state index in [1.165, 1.54) is 12.8 Å². The smallest absolute Gasteiger partial charge is 0.239 e. The van der Waals surface area contributed by atoms with Crippen LogP contribution in [0.15, 0.2) is 0 Å². The average molecular weight is 199 g/mol. The van der Waals surface area contributed by atoms with Crippen molar-refractivity contribution in [1.82, 2.24) is 10.6 Å². The molecule has 2 amide bonds. The van der Waals surface area contributed by atoms with Gasteiger partial charge in [-0.05, 0) is 18.3 Å². The number of nitrogens with one attached hydrogen (secondary N) is 2. The zero-order chi connectivity index (χ0) is 10.6. The summed E-state index contributed by atoms with van der Waals surface area (Å²) >= 11 is 0. The fourth-order valence-electron chi connectivity index (χ4n) is 1.02. The molecule has 0 aromatic carbocycles. The van der Waals surface area contributed by atoms with Gasteiger partial charge in [0.15, 0.2) is 0 Å². The number of amides is 2. The van der Waals surface area contributed by atoms with Crippen LogP contribution in [-0.2, 0) is 9.59 Å². The molecule has 0 atom stereocenters. The summed E-state index contributed by atoms with van der Waals surface area (Å²) < 4.78 is 0. The molecule has 0 heterocycles. The summed E-state index contributed by atoms with van der Waals surface area (Å²) in [6.45, 7) is 2.77. The van der Waals surface area contributed by atoms with Crippen LogP contribution in [0, 0.1) is 5.41 Å². The Balaban J connectivity index is 2.07. The van der Waals surface area contributed by atoms with Crippen LogP contribution in [0.2, 0.25) is 0 Å². The second kappa shape index (κ2) is 4.41. The van der Waals surface area contributed by atoms with Crippen LogP contribution >= 0.6 is 0 Å². The zero-order valence-electron chi connectivity index (χ0n) is 8.43. The lowest BCUT2D eigenvalue weighted by Gasteiger charge is -2.10. The largest absolute Gasteiger partial charge is 0.354 e. The molecular formula is C9H17N3O2. The fraction of sp³-hybridized carbons (Fsp3) is 0.778. The van der Waals surface area contributed by atoms with Gasteiger partial charge in [-0.15, -0.1) is 0 Å². The van der Waals surface area contributed by atoms with Gasteiger partial charge in [0.2, 0.25) is 11.8 Å². The van der Waals surface area contributed by atoms with Crippen molar-refractivity contribution in [1.29, 1.82) is 0 Å². The molecule has 4 N–H and O–H groups in total. The first-order valence-corrected chi connectivity index (χ1v) is 4.79. The first-order chi connectivity index (χ1) is 6.56. The fourth-order valence-corrected chi connectivity index (χ4v) is 1.02. The number of hydrogen-bond acceptors (Lipinski definition) is 3. The van der Waals surface area contributed by atoms with E-state index < -0.39 is 0 Å². The van der Waals surface area contributed by atoms with Crippen molar-refractivity contribution in [3.8, 4) is 0 Å². The summed E-state index contributed by atoms with van der Waals surface area (Å²) in [5.74, 6) is -0.460. The average Bonchev–Trinajstić information content (AvgIpc) is 2.90.